The quantitative estimate of drug-likeness (QED) is 0.866. The normalized spacial score (nSPS) is 23.3. The number of aliphatic hydroxyl groups is 1. The number of alkyl carbamates (subject to hydrolysis) is 1. The molecule has 1 heterocycles. The van der Waals surface area contributed by atoms with Crippen LogP contribution >= 0.6 is 0 Å². The monoisotopic (exact) mass is 335 g/mol. The van der Waals surface area contributed by atoms with Crippen LogP contribution < -0.4 is 5.32 Å². The lowest BCUT2D eigenvalue weighted by Gasteiger charge is -2.43. The van der Waals surface area contributed by atoms with Crippen molar-refractivity contribution in [1.29, 1.82) is 0 Å². The van der Waals surface area contributed by atoms with Crippen molar-refractivity contribution in [2.75, 3.05) is 6.61 Å². The number of benzene rings is 1. The number of hydrogen-bond acceptors (Lipinski definition) is 4. The van der Waals surface area contributed by atoms with Gasteiger partial charge in [-0.2, -0.15) is 0 Å². The van der Waals surface area contributed by atoms with E-state index in [1.54, 1.807) is 0 Å². The van der Waals surface area contributed by atoms with Crippen LogP contribution in [0.5, 0.6) is 0 Å². The van der Waals surface area contributed by atoms with Crippen molar-refractivity contribution in [3.63, 3.8) is 0 Å². The summed E-state index contributed by atoms with van der Waals surface area (Å²) in [6.07, 6.45) is -1.34. The minimum Gasteiger partial charge on any atom is -0.444 e. The Morgan fingerprint density at radius 3 is 2.38 bits per heavy atom. The number of aliphatic hydroxyl groups excluding tert-OH is 1. The molecule has 1 fully saturated rings. The molecule has 0 aromatic heterocycles. The maximum absolute atomic E-state index is 12.1. The molecule has 1 aliphatic heterocycles. The van der Waals surface area contributed by atoms with Crippen LogP contribution in [0.2, 0.25) is 0 Å². The Bertz CT molecular complexity index is 538. The van der Waals surface area contributed by atoms with Crippen LogP contribution in [0.25, 0.3) is 0 Å². The zero-order valence-electron chi connectivity index (χ0n) is 15.2. The Morgan fingerprint density at radius 1 is 1.29 bits per heavy atom. The average Bonchev–Trinajstić information content (AvgIpc) is 2.42. The van der Waals surface area contributed by atoms with Crippen molar-refractivity contribution in [2.45, 2.75) is 58.5 Å². The molecule has 1 amide bonds. The molecule has 5 heteroatoms. The van der Waals surface area contributed by atoms with E-state index in [1.165, 1.54) is 0 Å². The van der Waals surface area contributed by atoms with Gasteiger partial charge in [-0.1, -0.05) is 44.2 Å². The number of rotatable bonds is 5. The predicted octanol–water partition coefficient (Wildman–Crippen LogP) is 3.28. The first kappa shape index (κ1) is 18.7. The Labute approximate surface area is 144 Å². The first-order valence-corrected chi connectivity index (χ1v) is 8.53. The van der Waals surface area contributed by atoms with Crippen LogP contribution in [0.3, 0.4) is 0 Å². The van der Waals surface area contributed by atoms with Crippen molar-refractivity contribution in [2.24, 2.45) is 11.8 Å². The number of nitrogens with one attached hydrogen (secondary N) is 1. The van der Waals surface area contributed by atoms with Gasteiger partial charge in [0, 0.05) is 5.92 Å². The largest absolute Gasteiger partial charge is 0.444 e. The van der Waals surface area contributed by atoms with Gasteiger partial charge < -0.3 is 19.9 Å². The molecule has 0 saturated carbocycles. The maximum Gasteiger partial charge on any atom is 0.407 e. The van der Waals surface area contributed by atoms with E-state index in [9.17, 15) is 9.90 Å². The summed E-state index contributed by atoms with van der Waals surface area (Å²) in [6.45, 7) is 9.89. The van der Waals surface area contributed by atoms with Gasteiger partial charge in [0.05, 0.1) is 24.9 Å². The zero-order valence-corrected chi connectivity index (χ0v) is 15.2. The van der Waals surface area contributed by atoms with Gasteiger partial charge in [-0.3, -0.25) is 0 Å². The van der Waals surface area contributed by atoms with E-state index in [0.29, 0.717) is 6.61 Å². The molecule has 5 nitrogen and oxygen atoms in total. The minimum absolute atomic E-state index is 0.0465. The lowest BCUT2D eigenvalue weighted by atomic mass is 9.81. The van der Waals surface area contributed by atoms with E-state index in [0.717, 1.165) is 5.56 Å². The first-order valence-electron chi connectivity index (χ1n) is 8.53. The number of carbonyl (C=O) groups is 1. The van der Waals surface area contributed by atoms with Crippen molar-refractivity contribution in [1.82, 2.24) is 5.32 Å². The molecule has 134 valence electrons. The van der Waals surface area contributed by atoms with E-state index in [1.807, 2.05) is 65.0 Å². The lowest BCUT2D eigenvalue weighted by molar-refractivity contribution is -0.169. The third-order valence-corrected chi connectivity index (χ3v) is 4.19. The molecule has 2 rings (SSSR count). The van der Waals surface area contributed by atoms with Gasteiger partial charge >= 0.3 is 6.09 Å². The van der Waals surface area contributed by atoms with Crippen molar-refractivity contribution in [3.05, 3.63) is 35.9 Å². The van der Waals surface area contributed by atoms with E-state index in [4.69, 9.17) is 9.47 Å². The molecular formula is C19H29NO4. The van der Waals surface area contributed by atoms with Gasteiger partial charge in [-0.05, 0) is 32.3 Å². The smallest absolute Gasteiger partial charge is 0.407 e. The lowest BCUT2D eigenvalue weighted by Crippen LogP contribution is -2.55. The van der Waals surface area contributed by atoms with Crippen LogP contribution in [0.1, 0.15) is 46.3 Å². The Balaban J connectivity index is 2.04. The Hall–Kier alpha value is -1.59. The molecule has 24 heavy (non-hydrogen) atoms. The summed E-state index contributed by atoms with van der Waals surface area (Å²) in [6, 6.07) is 9.47. The molecule has 0 bridgehead atoms. The second-order valence-corrected chi connectivity index (χ2v) is 7.74. The zero-order chi connectivity index (χ0) is 17.9. The van der Waals surface area contributed by atoms with Gasteiger partial charge in [-0.25, -0.2) is 4.79 Å². The molecule has 1 aromatic carbocycles. The highest BCUT2D eigenvalue weighted by Crippen LogP contribution is 2.39. The van der Waals surface area contributed by atoms with Gasteiger partial charge in [0.25, 0.3) is 0 Å². The Kier molecular flexibility index (Phi) is 5.88. The molecule has 4 atom stereocenters. The van der Waals surface area contributed by atoms with Crippen LogP contribution in [-0.4, -0.2) is 35.6 Å². The summed E-state index contributed by atoms with van der Waals surface area (Å²) in [5, 5.41) is 13.7. The third-order valence-electron chi connectivity index (χ3n) is 4.19. The van der Waals surface area contributed by atoms with E-state index in [-0.39, 0.29) is 24.0 Å². The molecule has 2 N–H and O–H groups in total. The number of hydrogen-bond donors (Lipinski definition) is 2. The van der Waals surface area contributed by atoms with Crippen molar-refractivity contribution < 1.29 is 19.4 Å². The molecule has 0 aliphatic carbocycles. The van der Waals surface area contributed by atoms with Gasteiger partial charge in [-0.15, -0.1) is 0 Å². The second kappa shape index (κ2) is 7.53. The molecule has 1 saturated heterocycles. The maximum atomic E-state index is 12.1. The van der Waals surface area contributed by atoms with Gasteiger partial charge in [0.1, 0.15) is 5.60 Å². The van der Waals surface area contributed by atoms with Crippen molar-refractivity contribution >= 4 is 6.09 Å². The molecule has 1 aromatic rings. The molecule has 0 spiro atoms. The number of ether oxygens (including phenoxy) is 2. The van der Waals surface area contributed by atoms with Crippen molar-refractivity contribution in [3.8, 4) is 0 Å². The highest BCUT2D eigenvalue weighted by Gasteiger charge is 2.43. The van der Waals surface area contributed by atoms with E-state index < -0.39 is 17.8 Å². The van der Waals surface area contributed by atoms with Crippen LogP contribution in [0.15, 0.2) is 30.3 Å². The molecule has 2 unspecified atom stereocenters. The third kappa shape index (κ3) is 4.71. The fraction of sp³-hybridized carbons (Fsp3) is 0.632. The molecule has 1 aliphatic rings. The highest BCUT2D eigenvalue weighted by molar-refractivity contribution is 5.68. The van der Waals surface area contributed by atoms with E-state index >= 15 is 0 Å². The molecule has 0 radical (unpaired) electrons. The average molecular weight is 335 g/mol. The fourth-order valence-electron chi connectivity index (χ4n) is 2.92. The number of amides is 1. The number of carbonyl (C=O) groups excluding carboxylic acids is 1. The standard InChI is InChI=1S/C19H29NO4/c1-12(2)15(20-18(22)24-19(3,4)5)16(21)14-11-23-17(14)13-9-7-6-8-10-13/h6-10,12,14-17,21H,11H2,1-5H3,(H,20,22)/t14-,15?,16?,17-/m1/s1. The van der Waals surface area contributed by atoms with Gasteiger partial charge in [0.2, 0.25) is 0 Å². The predicted molar refractivity (Wildman–Crippen MR) is 92.6 cm³/mol. The summed E-state index contributed by atoms with van der Waals surface area (Å²) in [5.41, 5.74) is 0.482. The van der Waals surface area contributed by atoms with Crippen LogP contribution in [-0.2, 0) is 9.47 Å². The summed E-state index contributed by atoms with van der Waals surface area (Å²) in [4.78, 5) is 12.1. The highest BCUT2D eigenvalue weighted by atomic mass is 16.6. The van der Waals surface area contributed by atoms with Gasteiger partial charge in [0.15, 0.2) is 0 Å². The summed E-state index contributed by atoms with van der Waals surface area (Å²) >= 11 is 0. The van der Waals surface area contributed by atoms with Crippen LogP contribution in [0, 0.1) is 11.8 Å². The first-order chi connectivity index (χ1) is 11.2. The SMILES string of the molecule is CC(C)C(NC(=O)OC(C)(C)C)C(O)[C@H]1CO[C@@H]1c1ccccc1. The molecular weight excluding hydrogens is 306 g/mol. The second-order valence-electron chi connectivity index (χ2n) is 7.74. The van der Waals surface area contributed by atoms with Crippen LogP contribution in [0.4, 0.5) is 4.79 Å². The van der Waals surface area contributed by atoms with E-state index in [2.05, 4.69) is 5.32 Å². The summed E-state index contributed by atoms with van der Waals surface area (Å²) in [5.74, 6) is 0.0271. The topological polar surface area (TPSA) is 67.8 Å². The Morgan fingerprint density at radius 2 is 1.92 bits per heavy atom. The summed E-state index contributed by atoms with van der Waals surface area (Å²) in [7, 11) is 0. The fourth-order valence-corrected chi connectivity index (χ4v) is 2.92. The minimum atomic E-state index is -0.698. The summed E-state index contributed by atoms with van der Waals surface area (Å²) < 4.78 is 11.0.